The summed E-state index contributed by atoms with van der Waals surface area (Å²) >= 11 is 0. The molecule has 0 saturated heterocycles. The topological polar surface area (TPSA) is 6.48 Å². The third-order valence-corrected chi connectivity index (χ3v) is 7.22. The lowest BCUT2D eigenvalue weighted by Gasteiger charge is -2.33. The Labute approximate surface area is 206 Å². The lowest BCUT2D eigenvalue weighted by atomic mass is 10.1. The predicted octanol–water partition coefficient (Wildman–Crippen LogP) is 9.84. The van der Waals surface area contributed by atoms with Crippen LogP contribution in [-0.4, -0.2) is 22.9 Å². The van der Waals surface area contributed by atoms with Crippen molar-refractivity contribution < 1.29 is 0 Å². The van der Waals surface area contributed by atoms with Crippen LogP contribution in [0.2, 0.25) is 0 Å². The molecule has 1 aromatic carbocycles. The van der Waals surface area contributed by atoms with E-state index in [9.17, 15) is 0 Å². The van der Waals surface area contributed by atoms with Crippen molar-refractivity contribution in [2.24, 2.45) is 0 Å². The van der Waals surface area contributed by atoms with Gasteiger partial charge in [0, 0.05) is 25.5 Å². The number of unbranched alkanes of at least 4 members (excludes halogenated alkanes) is 16. The maximum absolute atomic E-state index is 2.59. The molecule has 0 bridgehead atoms. The number of rotatable bonds is 21. The SMILES string of the molecule is CCCCCCCCCCCN1C=CN(CCCCCCCCCCC)C1c1ccccc1. The number of nitrogens with zero attached hydrogens (tertiary/aromatic N) is 2. The van der Waals surface area contributed by atoms with E-state index in [1.807, 2.05) is 0 Å². The fourth-order valence-electron chi connectivity index (χ4n) is 5.14. The molecule has 1 heterocycles. The second-order valence-electron chi connectivity index (χ2n) is 10.2. The van der Waals surface area contributed by atoms with Crippen LogP contribution in [0.25, 0.3) is 0 Å². The number of hydrogen-bond acceptors (Lipinski definition) is 2. The Morgan fingerprint density at radius 2 is 0.848 bits per heavy atom. The van der Waals surface area contributed by atoms with E-state index in [4.69, 9.17) is 0 Å². The van der Waals surface area contributed by atoms with Crippen LogP contribution in [0.15, 0.2) is 42.7 Å². The third kappa shape index (κ3) is 12.0. The van der Waals surface area contributed by atoms with Gasteiger partial charge in [0.25, 0.3) is 0 Å². The summed E-state index contributed by atoms with van der Waals surface area (Å²) in [4.78, 5) is 5.18. The zero-order valence-corrected chi connectivity index (χ0v) is 22.2. The minimum Gasteiger partial charge on any atom is -0.352 e. The molecule has 0 fully saturated rings. The van der Waals surface area contributed by atoms with Gasteiger partial charge in [-0.15, -0.1) is 0 Å². The molecule has 1 aliphatic heterocycles. The van der Waals surface area contributed by atoms with Crippen molar-refractivity contribution in [3.05, 3.63) is 48.3 Å². The maximum atomic E-state index is 2.59. The summed E-state index contributed by atoms with van der Waals surface area (Å²) in [6.45, 7) is 6.96. The summed E-state index contributed by atoms with van der Waals surface area (Å²) in [6, 6.07) is 11.2. The summed E-state index contributed by atoms with van der Waals surface area (Å²) < 4.78 is 0. The highest BCUT2D eigenvalue weighted by molar-refractivity contribution is 5.21. The summed E-state index contributed by atoms with van der Waals surface area (Å²) in [5, 5.41) is 0. The van der Waals surface area contributed by atoms with Gasteiger partial charge < -0.3 is 9.80 Å². The molecule has 0 saturated carbocycles. The van der Waals surface area contributed by atoms with E-state index in [0.29, 0.717) is 6.17 Å². The highest BCUT2D eigenvalue weighted by atomic mass is 15.4. The molecular weight excluding hydrogens is 400 g/mol. The molecule has 0 amide bonds. The Hall–Kier alpha value is -1.44. The lowest BCUT2D eigenvalue weighted by molar-refractivity contribution is 0.149. The second kappa shape index (κ2) is 18.9. The molecule has 1 aliphatic rings. The van der Waals surface area contributed by atoms with Gasteiger partial charge >= 0.3 is 0 Å². The Morgan fingerprint density at radius 3 is 1.24 bits per heavy atom. The van der Waals surface area contributed by atoms with Crippen molar-refractivity contribution in [2.45, 2.75) is 136 Å². The Bertz CT molecular complexity index is 550. The van der Waals surface area contributed by atoms with Gasteiger partial charge in [-0.25, -0.2) is 0 Å². The molecule has 2 heteroatoms. The van der Waals surface area contributed by atoms with E-state index in [-0.39, 0.29) is 0 Å². The molecule has 0 aliphatic carbocycles. The van der Waals surface area contributed by atoms with Crippen molar-refractivity contribution >= 4 is 0 Å². The summed E-state index contributed by atoms with van der Waals surface area (Å²) in [6.07, 6.45) is 30.3. The normalized spacial score (nSPS) is 14.0. The fraction of sp³-hybridized carbons (Fsp3) is 0.742. The molecule has 33 heavy (non-hydrogen) atoms. The fourth-order valence-corrected chi connectivity index (χ4v) is 5.14. The Morgan fingerprint density at radius 1 is 0.485 bits per heavy atom. The van der Waals surface area contributed by atoms with Crippen molar-refractivity contribution in [3.63, 3.8) is 0 Å². The largest absolute Gasteiger partial charge is 0.352 e. The smallest absolute Gasteiger partial charge is 0.127 e. The second-order valence-corrected chi connectivity index (χ2v) is 10.2. The minimum atomic E-state index is 0.397. The van der Waals surface area contributed by atoms with Gasteiger partial charge in [0.1, 0.15) is 6.17 Å². The van der Waals surface area contributed by atoms with Crippen LogP contribution in [0.5, 0.6) is 0 Å². The number of benzene rings is 1. The van der Waals surface area contributed by atoms with Crippen molar-refractivity contribution in [3.8, 4) is 0 Å². The lowest BCUT2D eigenvalue weighted by Crippen LogP contribution is -2.32. The standard InChI is InChI=1S/C31H54N2/c1-3-5-7-9-11-13-15-17-22-26-32-28-29-33(31(32)30-24-20-19-21-25-30)27-23-18-16-14-12-10-8-6-4-2/h19-21,24-25,28-29,31H,3-18,22-23,26-27H2,1-2H3. The van der Waals surface area contributed by atoms with Crippen molar-refractivity contribution in [1.29, 1.82) is 0 Å². The van der Waals surface area contributed by atoms with Gasteiger partial charge in [-0.2, -0.15) is 0 Å². The van der Waals surface area contributed by atoms with Crippen LogP contribution in [0.1, 0.15) is 141 Å². The zero-order chi connectivity index (χ0) is 23.4. The first-order valence-corrected chi connectivity index (χ1v) is 14.6. The van der Waals surface area contributed by atoms with Crippen LogP contribution in [0.3, 0.4) is 0 Å². The van der Waals surface area contributed by atoms with Crippen LogP contribution in [-0.2, 0) is 0 Å². The summed E-state index contributed by atoms with van der Waals surface area (Å²) in [7, 11) is 0. The van der Waals surface area contributed by atoms with Crippen LogP contribution < -0.4 is 0 Å². The van der Waals surface area contributed by atoms with E-state index in [1.165, 1.54) is 134 Å². The molecule has 0 N–H and O–H groups in total. The molecule has 1 aromatic rings. The number of hydrogen-bond donors (Lipinski definition) is 0. The monoisotopic (exact) mass is 454 g/mol. The van der Waals surface area contributed by atoms with Gasteiger partial charge in [0.2, 0.25) is 0 Å². The van der Waals surface area contributed by atoms with E-state index in [1.54, 1.807) is 0 Å². The van der Waals surface area contributed by atoms with Gasteiger partial charge in [-0.3, -0.25) is 0 Å². The average Bonchev–Trinajstić information content (AvgIpc) is 3.25. The molecule has 0 spiro atoms. The molecule has 0 unspecified atom stereocenters. The Balaban J connectivity index is 1.66. The predicted molar refractivity (Wildman–Crippen MR) is 146 cm³/mol. The maximum Gasteiger partial charge on any atom is 0.127 e. The van der Waals surface area contributed by atoms with E-state index < -0.39 is 0 Å². The van der Waals surface area contributed by atoms with Gasteiger partial charge in [0.15, 0.2) is 0 Å². The highest BCUT2D eigenvalue weighted by Gasteiger charge is 2.26. The first-order valence-electron chi connectivity index (χ1n) is 14.6. The quantitative estimate of drug-likeness (QED) is 0.170. The van der Waals surface area contributed by atoms with Gasteiger partial charge in [-0.05, 0) is 18.4 Å². The first kappa shape index (κ1) is 27.8. The van der Waals surface area contributed by atoms with Crippen LogP contribution in [0, 0.1) is 0 Å². The average molecular weight is 455 g/mol. The van der Waals surface area contributed by atoms with Crippen molar-refractivity contribution in [2.75, 3.05) is 13.1 Å². The minimum absolute atomic E-state index is 0.397. The molecule has 0 aromatic heterocycles. The Kier molecular flexibility index (Phi) is 15.9. The van der Waals surface area contributed by atoms with Crippen molar-refractivity contribution in [1.82, 2.24) is 9.80 Å². The molecule has 2 nitrogen and oxygen atoms in total. The summed E-state index contributed by atoms with van der Waals surface area (Å²) in [5.41, 5.74) is 1.44. The highest BCUT2D eigenvalue weighted by Crippen LogP contribution is 2.31. The molecule has 188 valence electrons. The zero-order valence-electron chi connectivity index (χ0n) is 22.2. The van der Waals surface area contributed by atoms with E-state index in [0.717, 1.165) is 0 Å². The van der Waals surface area contributed by atoms with Gasteiger partial charge in [0.05, 0.1) is 0 Å². The summed E-state index contributed by atoms with van der Waals surface area (Å²) in [5.74, 6) is 0. The first-order chi connectivity index (χ1) is 16.4. The van der Waals surface area contributed by atoms with E-state index in [2.05, 4.69) is 66.4 Å². The van der Waals surface area contributed by atoms with Gasteiger partial charge in [-0.1, -0.05) is 147 Å². The van der Waals surface area contributed by atoms with Crippen LogP contribution >= 0.6 is 0 Å². The molecule has 2 rings (SSSR count). The molecule has 0 radical (unpaired) electrons. The van der Waals surface area contributed by atoms with E-state index >= 15 is 0 Å². The molecule has 0 atom stereocenters. The molecular formula is C31H54N2. The van der Waals surface area contributed by atoms with Crippen LogP contribution in [0.4, 0.5) is 0 Å². The third-order valence-electron chi connectivity index (χ3n) is 7.22.